The van der Waals surface area contributed by atoms with Crippen molar-refractivity contribution < 1.29 is 9.90 Å². The third kappa shape index (κ3) is 1.92. The van der Waals surface area contributed by atoms with Gasteiger partial charge in [-0.25, -0.2) is 4.79 Å². The largest absolute Gasteiger partial charge is 0.480 e. The fraction of sp³-hybridized carbons (Fsp3) is 0.333. The molecular formula is C6H7IN2O2. The average Bonchev–Trinajstić information content (AvgIpc) is 2.34. The standard InChI is InChI=1S/C6H7IN2O2/c1-4(6(10)11)9-3-5(7)2-8-9/h2-4H,1H3,(H,10,11). The van der Waals surface area contributed by atoms with Crippen LogP contribution in [0.3, 0.4) is 0 Å². The van der Waals surface area contributed by atoms with Crippen LogP contribution in [0.4, 0.5) is 0 Å². The highest BCUT2D eigenvalue weighted by Crippen LogP contribution is 2.07. The minimum absolute atomic E-state index is 0.585. The maximum Gasteiger partial charge on any atom is 0.328 e. The molecule has 1 N–H and O–H groups in total. The SMILES string of the molecule is CC(C(=O)O)n1cc(I)cn1. The number of aromatic nitrogens is 2. The van der Waals surface area contributed by atoms with E-state index in [1.807, 2.05) is 0 Å². The Labute approximate surface area is 77.4 Å². The number of carboxylic acids is 1. The quantitative estimate of drug-likeness (QED) is 0.816. The smallest absolute Gasteiger partial charge is 0.328 e. The maximum absolute atomic E-state index is 10.4. The lowest BCUT2D eigenvalue weighted by Gasteiger charge is -2.04. The van der Waals surface area contributed by atoms with Gasteiger partial charge in [0.1, 0.15) is 6.04 Å². The Morgan fingerprint density at radius 2 is 2.55 bits per heavy atom. The summed E-state index contributed by atoms with van der Waals surface area (Å²) in [5.74, 6) is -0.871. The number of aliphatic carboxylic acids is 1. The molecule has 1 aromatic heterocycles. The third-order valence-corrected chi connectivity index (χ3v) is 1.88. The molecule has 11 heavy (non-hydrogen) atoms. The molecule has 60 valence electrons. The van der Waals surface area contributed by atoms with Crippen LogP contribution in [0.5, 0.6) is 0 Å². The van der Waals surface area contributed by atoms with Crippen LogP contribution in [0.1, 0.15) is 13.0 Å². The van der Waals surface area contributed by atoms with Gasteiger partial charge in [-0.05, 0) is 29.5 Å². The second kappa shape index (κ2) is 3.21. The van der Waals surface area contributed by atoms with Crippen LogP contribution in [0.15, 0.2) is 12.4 Å². The molecule has 0 fully saturated rings. The molecular weight excluding hydrogens is 259 g/mol. The van der Waals surface area contributed by atoms with Crippen molar-refractivity contribution in [2.45, 2.75) is 13.0 Å². The van der Waals surface area contributed by atoms with Gasteiger partial charge < -0.3 is 5.11 Å². The topological polar surface area (TPSA) is 55.1 Å². The van der Waals surface area contributed by atoms with E-state index in [0.29, 0.717) is 0 Å². The van der Waals surface area contributed by atoms with Gasteiger partial charge in [-0.3, -0.25) is 4.68 Å². The molecule has 0 aliphatic heterocycles. The van der Waals surface area contributed by atoms with Gasteiger partial charge in [-0.2, -0.15) is 5.10 Å². The molecule has 1 heterocycles. The van der Waals surface area contributed by atoms with E-state index >= 15 is 0 Å². The predicted molar refractivity (Wildman–Crippen MR) is 47.3 cm³/mol. The van der Waals surface area contributed by atoms with Crippen molar-refractivity contribution in [3.8, 4) is 0 Å². The van der Waals surface area contributed by atoms with E-state index in [1.165, 1.54) is 4.68 Å². The zero-order valence-electron chi connectivity index (χ0n) is 5.86. The minimum Gasteiger partial charge on any atom is -0.480 e. The number of rotatable bonds is 2. The van der Waals surface area contributed by atoms with Crippen molar-refractivity contribution in [2.75, 3.05) is 0 Å². The van der Waals surface area contributed by atoms with Crippen molar-refractivity contribution in [3.63, 3.8) is 0 Å². The molecule has 0 saturated carbocycles. The second-order valence-electron chi connectivity index (χ2n) is 2.15. The summed E-state index contributed by atoms with van der Waals surface area (Å²) < 4.78 is 2.36. The van der Waals surface area contributed by atoms with Crippen LogP contribution >= 0.6 is 22.6 Å². The molecule has 0 aliphatic carbocycles. The lowest BCUT2D eigenvalue weighted by atomic mass is 10.4. The number of hydrogen-bond donors (Lipinski definition) is 1. The Morgan fingerprint density at radius 1 is 1.91 bits per heavy atom. The highest BCUT2D eigenvalue weighted by molar-refractivity contribution is 14.1. The van der Waals surface area contributed by atoms with Crippen LogP contribution in [0.2, 0.25) is 0 Å². The van der Waals surface area contributed by atoms with Crippen LogP contribution in [0, 0.1) is 3.57 Å². The first kappa shape index (κ1) is 8.51. The number of carbonyl (C=O) groups is 1. The van der Waals surface area contributed by atoms with Crippen molar-refractivity contribution >= 4 is 28.6 Å². The zero-order chi connectivity index (χ0) is 8.43. The first-order chi connectivity index (χ1) is 5.11. The number of hydrogen-bond acceptors (Lipinski definition) is 2. The molecule has 1 atom stereocenters. The van der Waals surface area contributed by atoms with E-state index in [0.717, 1.165) is 3.57 Å². The van der Waals surface area contributed by atoms with E-state index < -0.39 is 12.0 Å². The molecule has 0 amide bonds. The van der Waals surface area contributed by atoms with Gasteiger partial charge in [0.2, 0.25) is 0 Å². The van der Waals surface area contributed by atoms with Crippen LogP contribution in [0.25, 0.3) is 0 Å². The summed E-state index contributed by atoms with van der Waals surface area (Å²) >= 11 is 2.08. The Bertz CT molecular complexity index is 271. The Hall–Kier alpha value is -0.590. The number of nitrogens with zero attached hydrogens (tertiary/aromatic N) is 2. The second-order valence-corrected chi connectivity index (χ2v) is 3.40. The summed E-state index contributed by atoms with van der Waals surface area (Å²) in [5, 5.41) is 12.4. The van der Waals surface area contributed by atoms with Crippen molar-refractivity contribution in [1.29, 1.82) is 0 Å². The summed E-state index contributed by atoms with van der Waals surface area (Å²) in [7, 11) is 0. The van der Waals surface area contributed by atoms with Gasteiger partial charge in [0.15, 0.2) is 0 Å². The summed E-state index contributed by atoms with van der Waals surface area (Å²) in [6, 6.07) is -0.585. The van der Waals surface area contributed by atoms with Gasteiger partial charge in [-0.1, -0.05) is 0 Å². The minimum atomic E-state index is -0.871. The molecule has 1 rings (SSSR count). The monoisotopic (exact) mass is 266 g/mol. The van der Waals surface area contributed by atoms with E-state index in [2.05, 4.69) is 27.7 Å². The summed E-state index contributed by atoms with van der Waals surface area (Å²) in [5.41, 5.74) is 0. The predicted octanol–water partition coefficient (Wildman–Crippen LogP) is 1.13. The molecule has 0 bridgehead atoms. The molecule has 0 radical (unpaired) electrons. The van der Waals surface area contributed by atoms with Crippen molar-refractivity contribution in [2.24, 2.45) is 0 Å². The fourth-order valence-corrected chi connectivity index (χ4v) is 1.05. The van der Waals surface area contributed by atoms with Crippen molar-refractivity contribution in [3.05, 3.63) is 16.0 Å². The summed E-state index contributed by atoms with van der Waals surface area (Å²) in [4.78, 5) is 10.4. The molecule has 0 aromatic carbocycles. The van der Waals surface area contributed by atoms with Crippen LogP contribution < -0.4 is 0 Å². The van der Waals surface area contributed by atoms with Gasteiger partial charge in [0.25, 0.3) is 0 Å². The van der Waals surface area contributed by atoms with Crippen LogP contribution in [-0.2, 0) is 4.79 Å². The van der Waals surface area contributed by atoms with E-state index in [4.69, 9.17) is 5.11 Å². The molecule has 4 nitrogen and oxygen atoms in total. The van der Waals surface area contributed by atoms with Gasteiger partial charge in [0, 0.05) is 6.20 Å². The van der Waals surface area contributed by atoms with E-state index in [1.54, 1.807) is 19.3 Å². The number of halogens is 1. The molecule has 5 heteroatoms. The average molecular weight is 266 g/mol. The molecule has 1 unspecified atom stereocenters. The highest BCUT2D eigenvalue weighted by Gasteiger charge is 2.12. The van der Waals surface area contributed by atoms with Gasteiger partial charge >= 0.3 is 5.97 Å². The van der Waals surface area contributed by atoms with Gasteiger partial charge in [-0.15, -0.1) is 0 Å². The Balaban J connectivity index is 2.84. The first-order valence-electron chi connectivity index (χ1n) is 3.03. The molecule has 0 aliphatic rings. The zero-order valence-corrected chi connectivity index (χ0v) is 8.02. The fourth-order valence-electron chi connectivity index (χ4n) is 0.640. The Morgan fingerprint density at radius 3 is 2.91 bits per heavy atom. The molecule has 1 aromatic rings. The lowest BCUT2D eigenvalue weighted by Crippen LogP contribution is -2.15. The summed E-state index contributed by atoms with van der Waals surface area (Å²) in [6.45, 7) is 1.59. The van der Waals surface area contributed by atoms with E-state index in [9.17, 15) is 4.79 Å². The Kier molecular flexibility index (Phi) is 2.48. The maximum atomic E-state index is 10.4. The normalized spacial score (nSPS) is 12.9. The lowest BCUT2D eigenvalue weighted by molar-refractivity contribution is -0.140. The third-order valence-electron chi connectivity index (χ3n) is 1.32. The highest BCUT2D eigenvalue weighted by atomic mass is 127. The number of carboxylic acid groups (broad SMARTS) is 1. The van der Waals surface area contributed by atoms with Crippen LogP contribution in [-0.4, -0.2) is 20.9 Å². The molecule has 0 spiro atoms. The van der Waals surface area contributed by atoms with E-state index in [-0.39, 0.29) is 0 Å². The molecule has 0 saturated heterocycles. The van der Waals surface area contributed by atoms with Crippen molar-refractivity contribution in [1.82, 2.24) is 9.78 Å². The first-order valence-corrected chi connectivity index (χ1v) is 4.11. The summed E-state index contributed by atoms with van der Waals surface area (Å²) in [6.07, 6.45) is 3.32. The van der Waals surface area contributed by atoms with Gasteiger partial charge in [0.05, 0.1) is 9.77 Å².